The molecule has 0 spiro atoms. The molecule has 0 radical (unpaired) electrons. The lowest BCUT2D eigenvalue weighted by atomic mass is 9.87. The van der Waals surface area contributed by atoms with Gasteiger partial charge in [-0.15, -0.1) is 0 Å². The normalized spacial score (nSPS) is 25.1. The van der Waals surface area contributed by atoms with Crippen LogP contribution in [-0.4, -0.2) is 29.6 Å². The number of ether oxygens (including phenoxy) is 1. The Morgan fingerprint density at radius 2 is 2.15 bits per heavy atom. The minimum atomic E-state index is -0.154. The molecule has 1 aliphatic rings. The van der Waals surface area contributed by atoms with Gasteiger partial charge in [0, 0.05) is 18.8 Å². The molecule has 20 heavy (non-hydrogen) atoms. The molecule has 1 fully saturated rings. The summed E-state index contributed by atoms with van der Waals surface area (Å²) in [6.45, 7) is 6.03. The summed E-state index contributed by atoms with van der Waals surface area (Å²) in [5.41, 5.74) is 1.00. The average molecular weight is 283 g/mol. The van der Waals surface area contributed by atoms with Crippen LogP contribution < -0.4 is 0 Å². The van der Waals surface area contributed by atoms with Crippen LogP contribution in [-0.2, 0) is 9.53 Å². The van der Waals surface area contributed by atoms with Crippen molar-refractivity contribution in [3.63, 3.8) is 0 Å². The van der Waals surface area contributed by atoms with Crippen LogP contribution in [0.25, 0.3) is 0 Å². The van der Waals surface area contributed by atoms with E-state index in [1.165, 1.54) is 24.7 Å². The molecule has 0 N–H and O–H groups in total. The van der Waals surface area contributed by atoms with E-state index < -0.39 is 0 Å². The Bertz CT molecular complexity index is 350. The maximum Gasteiger partial charge on any atom is 0.305 e. The maximum atomic E-state index is 12.3. The van der Waals surface area contributed by atoms with Crippen molar-refractivity contribution in [2.24, 2.45) is 11.8 Å². The van der Waals surface area contributed by atoms with Crippen molar-refractivity contribution in [1.82, 2.24) is 0 Å². The summed E-state index contributed by atoms with van der Waals surface area (Å²) in [6.07, 6.45) is 6.74. The molecule has 2 unspecified atom stereocenters. The molecule has 0 aromatic carbocycles. The van der Waals surface area contributed by atoms with E-state index in [1.54, 1.807) is 0 Å². The van der Waals surface area contributed by atoms with Crippen LogP contribution in [0.15, 0.2) is 0 Å². The first-order chi connectivity index (χ1) is 9.51. The van der Waals surface area contributed by atoms with Gasteiger partial charge in [0.15, 0.2) is 11.8 Å². The number of rotatable bonds is 7. The molecule has 4 heteroatoms. The van der Waals surface area contributed by atoms with Crippen molar-refractivity contribution in [3.8, 4) is 0 Å². The number of methoxy groups -OCH3 is 1. The molecule has 0 amide bonds. The van der Waals surface area contributed by atoms with E-state index >= 15 is 0 Å². The number of hydrogen-bond donors (Lipinski definition) is 0. The lowest BCUT2D eigenvalue weighted by molar-refractivity contribution is -0.495. The van der Waals surface area contributed by atoms with Crippen LogP contribution in [0.4, 0.5) is 0 Å². The minimum absolute atomic E-state index is 0.0180. The minimum Gasteiger partial charge on any atom is -0.624 e. The zero-order valence-electron chi connectivity index (χ0n) is 13.4. The number of hydroxylamine groups is 1. The highest BCUT2D eigenvalue weighted by molar-refractivity contribution is 5.85. The first-order valence-electron chi connectivity index (χ1n) is 7.90. The summed E-state index contributed by atoms with van der Waals surface area (Å²) < 4.78 is 5.96. The quantitative estimate of drug-likeness (QED) is 0.236. The second-order valence-corrected chi connectivity index (χ2v) is 6.09. The van der Waals surface area contributed by atoms with Crippen molar-refractivity contribution >= 4 is 11.7 Å². The predicted molar refractivity (Wildman–Crippen MR) is 80.8 cm³/mol. The standard InChI is InChI=1S/C16H29NO3/c1-5-6-7-8-14-13(11-16(18)20-4)9-10-15(14)17(19)12(2)3/h12-14H,5-11H2,1-4H3. The van der Waals surface area contributed by atoms with Gasteiger partial charge in [0.1, 0.15) is 0 Å². The lowest BCUT2D eigenvalue weighted by Gasteiger charge is -2.20. The van der Waals surface area contributed by atoms with Crippen molar-refractivity contribution in [2.75, 3.05) is 7.11 Å². The highest BCUT2D eigenvalue weighted by Crippen LogP contribution is 2.36. The summed E-state index contributed by atoms with van der Waals surface area (Å²) in [4.78, 5) is 11.5. The third-order valence-electron chi connectivity index (χ3n) is 4.30. The highest BCUT2D eigenvalue weighted by atomic mass is 16.5. The number of esters is 1. The molecule has 0 aliphatic heterocycles. The third-order valence-corrected chi connectivity index (χ3v) is 4.30. The molecule has 0 aromatic heterocycles. The molecule has 4 nitrogen and oxygen atoms in total. The Kier molecular flexibility index (Phi) is 7.03. The van der Waals surface area contributed by atoms with Gasteiger partial charge in [0.2, 0.25) is 0 Å². The molecule has 0 heterocycles. The number of carbonyl (C=O) groups is 1. The Hall–Kier alpha value is -1.06. The van der Waals surface area contributed by atoms with Gasteiger partial charge in [0.05, 0.1) is 7.11 Å². The molecule has 116 valence electrons. The fourth-order valence-electron chi connectivity index (χ4n) is 3.16. The molecule has 0 aromatic rings. The summed E-state index contributed by atoms with van der Waals surface area (Å²) in [7, 11) is 1.43. The van der Waals surface area contributed by atoms with E-state index in [9.17, 15) is 10.0 Å². The zero-order chi connectivity index (χ0) is 15.1. The van der Waals surface area contributed by atoms with E-state index in [4.69, 9.17) is 4.74 Å². The van der Waals surface area contributed by atoms with Crippen LogP contribution in [0.2, 0.25) is 0 Å². The van der Waals surface area contributed by atoms with E-state index in [1.807, 2.05) is 13.8 Å². The SMILES string of the molecule is CCCCCC1C(=[N+]([O-])C(C)C)CCC1CC(=O)OC. The molecular formula is C16H29NO3. The van der Waals surface area contributed by atoms with Crippen molar-refractivity contribution in [3.05, 3.63) is 5.21 Å². The Balaban J connectivity index is 2.80. The average Bonchev–Trinajstić information content (AvgIpc) is 2.81. The van der Waals surface area contributed by atoms with Gasteiger partial charge in [-0.25, -0.2) is 4.74 Å². The zero-order valence-corrected chi connectivity index (χ0v) is 13.4. The van der Waals surface area contributed by atoms with Crippen LogP contribution in [0, 0.1) is 17.0 Å². The van der Waals surface area contributed by atoms with Gasteiger partial charge >= 0.3 is 5.97 Å². The molecule has 0 saturated heterocycles. The monoisotopic (exact) mass is 283 g/mol. The highest BCUT2D eigenvalue weighted by Gasteiger charge is 2.38. The molecule has 1 aliphatic carbocycles. The van der Waals surface area contributed by atoms with Crippen molar-refractivity contribution < 1.29 is 14.3 Å². The van der Waals surface area contributed by atoms with Gasteiger partial charge in [0.25, 0.3) is 0 Å². The Morgan fingerprint density at radius 3 is 2.70 bits per heavy atom. The van der Waals surface area contributed by atoms with Gasteiger partial charge in [-0.2, -0.15) is 0 Å². The second-order valence-electron chi connectivity index (χ2n) is 6.09. The maximum absolute atomic E-state index is 12.3. The van der Waals surface area contributed by atoms with E-state index in [0.29, 0.717) is 6.42 Å². The second kappa shape index (κ2) is 8.28. The van der Waals surface area contributed by atoms with Crippen molar-refractivity contribution in [2.45, 2.75) is 71.8 Å². The third kappa shape index (κ3) is 4.50. The fourth-order valence-corrected chi connectivity index (χ4v) is 3.16. The largest absolute Gasteiger partial charge is 0.624 e. The summed E-state index contributed by atoms with van der Waals surface area (Å²) in [5.74, 6) is 0.392. The van der Waals surface area contributed by atoms with Crippen LogP contribution >= 0.6 is 0 Å². The van der Waals surface area contributed by atoms with Gasteiger partial charge in [-0.1, -0.05) is 26.2 Å². The number of carbonyl (C=O) groups excluding carboxylic acids is 1. The lowest BCUT2D eigenvalue weighted by Crippen LogP contribution is -2.28. The first kappa shape index (κ1) is 17.0. The number of unbranched alkanes of at least 4 members (excludes halogenated alkanes) is 2. The number of hydrogen-bond acceptors (Lipinski definition) is 3. The summed E-state index contributed by atoms with van der Waals surface area (Å²) >= 11 is 0. The van der Waals surface area contributed by atoms with E-state index in [2.05, 4.69) is 6.92 Å². The summed E-state index contributed by atoms with van der Waals surface area (Å²) in [6, 6.07) is -0.0180. The first-order valence-corrected chi connectivity index (χ1v) is 7.90. The van der Waals surface area contributed by atoms with Crippen molar-refractivity contribution in [1.29, 1.82) is 0 Å². The number of nitrogens with zero attached hydrogens (tertiary/aromatic N) is 1. The molecule has 0 bridgehead atoms. The van der Waals surface area contributed by atoms with Crippen LogP contribution in [0.3, 0.4) is 0 Å². The smallest absolute Gasteiger partial charge is 0.305 e. The van der Waals surface area contributed by atoms with Crippen LogP contribution in [0.5, 0.6) is 0 Å². The molecule has 1 saturated carbocycles. The van der Waals surface area contributed by atoms with Crippen LogP contribution in [0.1, 0.15) is 65.7 Å². The topological polar surface area (TPSA) is 52.4 Å². The predicted octanol–water partition coefficient (Wildman–Crippen LogP) is 3.52. The van der Waals surface area contributed by atoms with Gasteiger partial charge < -0.3 is 9.94 Å². The van der Waals surface area contributed by atoms with E-state index in [0.717, 1.165) is 31.4 Å². The fraction of sp³-hybridized carbons (Fsp3) is 0.875. The van der Waals surface area contributed by atoms with E-state index in [-0.39, 0.29) is 23.8 Å². The van der Waals surface area contributed by atoms with Gasteiger partial charge in [-0.05, 0) is 32.6 Å². The molecular weight excluding hydrogens is 254 g/mol. The Morgan fingerprint density at radius 1 is 1.45 bits per heavy atom. The Labute approximate surface area is 122 Å². The molecule has 2 atom stereocenters. The van der Waals surface area contributed by atoms with Gasteiger partial charge in [-0.3, -0.25) is 4.79 Å². The molecule has 1 rings (SSSR count). The summed E-state index contributed by atoms with van der Waals surface area (Å²) in [5, 5.41) is 12.3.